The van der Waals surface area contributed by atoms with E-state index in [1.165, 1.54) is 19.3 Å². The van der Waals surface area contributed by atoms with Crippen LogP contribution in [0, 0.1) is 0 Å². The van der Waals surface area contributed by atoms with Gasteiger partial charge in [0.2, 0.25) is 5.91 Å². The van der Waals surface area contributed by atoms with Gasteiger partial charge in [-0.15, -0.1) is 0 Å². The second kappa shape index (κ2) is 12.3. The number of carbonyl (C=O) groups excluding carboxylic acids is 1. The van der Waals surface area contributed by atoms with Crippen molar-refractivity contribution in [3.63, 3.8) is 0 Å². The molecule has 2 N–H and O–H groups in total. The Morgan fingerprint density at radius 2 is 1.50 bits per heavy atom. The number of aliphatic carboxylic acids is 1. The molecule has 0 radical (unpaired) electrons. The molecule has 6 heteroatoms. The van der Waals surface area contributed by atoms with Crippen molar-refractivity contribution in [1.82, 2.24) is 4.98 Å². The van der Waals surface area contributed by atoms with Gasteiger partial charge in [-0.05, 0) is 37.1 Å². The third-order valence-corrected chi connectivity index (χ3v) is 5.01. The summed E-state index contributed by atoms with van der Waals surface area (Å²) in [4.78, 5) is 26.9. The maximum atomic E-state index is 12.2. The van der Waals surface area contributed by atoms with E-state index in [-0.39, 0.29) is 12.3 Å². The van der Waals surface area contributed by atoms with E-state index in [1.54, 1.807) is 18.3 Å². The Morgan fingerprint density at radius 3 is 2.14 bits per heavy atom. The molecule has 0 saturated heterocycles. The number of hydrogen-bond acceptors (Lipinski definition) is 3. The van der Waals surface area contributed by atoms with Crippen LogP contribution in [0.1, 0.15) is 70.6 Å². The van der Waals surface area contributed by atoms with Gasteiger partial charge in [-0.2, -0.15) is 0 Å². The molecule has 1 amide bonds. The van der Waals surface area contributed by atoms with Crippen LogP contribution >= 0.6 is 11.6 Å². The lowest BCUT2D eigenvalue weighted by molar-refractivity contribution is -0.137. The quantitative estimate of drug-likeness (QED) is 0.389. The van der Waals surface area contributed by atoms with E-state index in [4.69, 9.17) is 16.7 Å². The largest absolute Gasteiger partial charge is 0.481 e. The van der Waals surface area contributed by atoms with Gasteiger partial charge in [-0.1, -0.05) is 56.5 Å². The highest BCUT2D eigenvalue weighted by atomic mass is 35.5. The number of anilines is 1. The van der Waals surface area contributed by atoms with E-state index >= 15 is 0 Å². The first kappa shape index (κ1) is 22.2. The molecule has 1 aromatic carbocycles. The number of nitrogens with zero attached hydrogens (tertiary/aromatic N) is 1. The van der Waals surface area contributed by atoms with Gasteiger partial charge >= 0.3 is 5.97 Å². The van der Waals surface area contributed by atoms with Crippen molar-refractivity contribution < 1.29 is 14.7 Å². The summed E-state index contributed by atoms with van der Waals surface area (Å²) in [6.45, 7) is 0. The first-order chi connectivity index (χ1) is 13.6. The number of fused-ring (bicyclic) bond motifs is 1. The minimum absolute atomic E-state index is 0.0286. The Labute approximate surface area is 171 Å². The summed E-state index contributed by atoms with van der Waals surface area (Å²) in [5, 5.41) is 13.1. The molecule has 0 aliphatic heterocycles. The highest BCUT2D eigenvalue weighted by Gasteiger charge is 2.07. The van der Waals surface area contributed by atoms with E-state index in [9.17, 15) is 9.59 Å². The number of unbranched alkanes of at least 4 members (excludes halogenated alkanes) is 8. The number of carbonyl (C=O) groups is 2. The van der Waals surface area contributed by atoms with E-state index in [1.807, 2.05) is 12.1 Å². The maximum absolute atomic E-state index is 12.2. The van der Waals surface area contributed by atoms with Crippen molar-refractivity contribution in [2.24, 2.45) is 0 Å². The summed E-state index contributed by atoms with van der Waals surface area (Å²) in [6.07, 6.45) is 12.0. The zero-order valence-electron chi connectivity index (χ0n) is 16.3. The lowest BCUT2D eigenvalue weighted by atomic mass is 10.1. The zero-order chi connectivity index (χ0) is 20.2. The Bertz CT molecular complexity index is 779. The zero-order valence-corrected chi connectivity index (χ0v) is 17.0. The number of carboxylic acids is 1. The molecule has 2 rings (SSSR count). The molecule has 0 spiro atoms. The van der Waals surface area contributed by atoms with Gasteiger partial charge in [0.25, 0.3) is 0 Å². The Hall–Kier alpha value is -2.14. The smallest absolute Gasteiger partial charge is 0.303 e. The summed E-state index contributed by atoms with van der Waals surface area (Å²) in [5.41, 5.74) is 1.54. The second-order valence-electron chi connectivity index (χ2n) is 7.14. The topological polar surface area (TPSA) is 79.3 Å². The molecule has 0 bridgehead atoms. The van der Waals surface area contributed by atoms with Crippen molar-refractivity contribution in [3.05, 3.63) is 35.5 Å². The normalized spacial score (nSPS) is 10.9. The van der Waals surface area contributed by atoms with Crippen molar-refractivity contribution in [2.45, 2.75) is 70.6 Å². The molecule has 5 nitrogen and oxygen atoms in total. The minimum Gasteiger partial charge on any atom is -0.481 e. The number of benzene rings is 1. The lowest BCUT2D eigenvalue weighted by Gasteiger charge is -2.08. The molecular weight excluding hydrogens is 376 g/mol. The highest BCUT2D eigenvalue weighted by Crippen LogP contribution is 2.24. The van der Waals surface area contributed by atoms with Crippen molar-refractivity contribution >= 4 is 40.1 Å². The maximum Gasteiger partial charge on any atom is 0.303 e. The van der Waals surface area contributed by atoms with Gasteiger partial charge in [0.1, 0.15) is 0 Å². The van der Waals surface area contributed by atoms with E-state index in [0.717, 1.165) is 55.1 Å². The van der Waals surface area contributed by atoms with Crippen molar-refractivity contribution in [3.8, 4) is 0 Å². The van der Waals surface area contributed by atoms with E-state index in [0.29, 0.717) is 11.4 Å². The molecule has 0 aliphatic carbocycles. The number of amides is 1. The monoisotopic (exact) mass is 404 g/mol. The number of rotatable bonds is 13. The molecule has 0 fully saturated rings. The molecule has 0 unspecified atom stereocenters. The third kappa shape index (κ3) is 8.26. The Kier molecular flexibility index (Phi) is 9.77. The third-order valence-electron chi connectivity index (χ3n) is 4.77. The van der Waals surface area contributed by atoms with Crippen LogP contribution in [0.25, 0.3) is 10.9 Å². The van der Waals surface area contributed by atoms with Crippen LogP contribution in [0.5, 0.6) is 0 Å². The van der Waals surface area contributed by atoms with Gasteiger partial charge in [0, 0.05) is 29.4 Å². The van der Waals surface area contributed by atoms with Gasteiger partial charge in [0.05, 0.1) is 11.2 Å². The van der Waals surface area contributed by atoms with Crippen molar-refractivity contribution in [1.29, 1.82) is 0 Å². The molecule has 0 aliphatic rings. The van der Waals surface area contributed by atoms with Gasteiger partial charge < -0.3 is 10.4 Å². The van der Waals surface area contributed by atoms with Crippen molar-refractivity contribution in [2.75, 3.05) is 5.32 Å². The Balaban J connectivity index is 1.56. The molecule has 0 atom stereocenters. The van der Waals surface area contributed by atoms with Gasteiger partial charge in [0.15, 0.2) is 0 Å². The van der Waals surface area contributed by atoms with Crippen LogP contribution in [0.15, 0.2) is 30.5 Å². The van der Waals surface area contributed by atoms with Crippen LogP contribution in [-0.2, 0) is 9.59 Å². The number of halogens is 1. The fourth-order valence-electron chi connectivity index (χ4n) is 3.24. The summed E-state index contributed by atoms with van der Waals surface area (Å²) < 4.78 is 0. The number of nitrogens with one attached hydrogen (secondary N) is 1. The van der Waals surface area contributed by atoms with Gasteiger partial charge in [-0.3, -0.25) is 14.6 Å². The molecule has 1 heterocycles. The standard InChI is InChI=1S/C22H29ClN2O3/c23-17-12-13-18-19(14-15-24-20(18)16-17)25-21(26)10-8-6-4-2-1-3-5-7-9-11-22(27)28/h12-16H,1-11H2,(H,27,28)(H,24,25,26). The Morgan fingerprint density at radius 1 is 0.893 bits per heavy atom. The first-order valence-electron chi connectivity index (χ1n) is 10.1. The fourth-order valence-corrected chi connectivity index (χ4v) is 3.41. The highest BCUT2D eigenvalue weighted by molar-refractivity contribution is 6.31. The lowest BCUT2D eigenvalue weighted by Crippen LogP contribution is -2.11. The average Bonchev–Trinajstić information content (AvgIpc) is 2.65. The predicted octanol–water partition coefficient (Wildman–Crippen LogP) is 6.20. The second-order valence-corrected chi connectivity index (χ2v) is 7.58. The van der Waals surface area contributed by atoms with E-state index in [2.05, 4.69) is 10.3 Å². The summed E-state index contributed by atoms with van der Waals surface area (Å²) >= 11 is 5.99. The average molecular weight is 405 g/mol. The first-order valence-corrected chi connectivity index (χ1v) is 10.5. The molecule has 2 aromatic rings. The SMILES string of the molecule is O=C(O)CCCCCCCCCCCC(=O)Nc1ccnc2cc(Cl)ccc12. The minimum atomic E-state index is -0.703. The van der Waals surface area contributed by atoms with Crippen LogP contribution < -0.4 is 5.32 Å². The fraction of sp³-hybridized carbons (Fsp3) is 0.500. The molecule has 152 valence electrons. The number of hydrogen-bond donors (Lipinski definition) is 2. The summed E-state index contributed by atoms with van der Waals surface area (Å²) in [5.74, 6) is -0.675. The summed E-state index contributed by atoms with van der Waals surface area (Å²) in [7, 11) is 0. The molecule has 0 saturated carbocycles. The molecule has 28 heavy (non-hydrogen) atoms. The predicted molar refractivity (Wildman–Crippen MR) is 114 cm³/mol. The number of aromatic nitrogens is 1. The number of pyridine rings is 1. The van der Waals surface area contributed by atoms with Crippen LogP contribution in [0.4, 0.5) is 5.69 Å². The van der Waals surface area contributed by atoms with Gasteiger partial charge in [-0.25, -0.2) is 0 Å². The summed E-state index contributed by atoms with van der Waals surface area (Å²) in [6, 6.07) is 7.28. The van der Waals surface area contributed by atoms with Crippen LogP contribution in [0.2, 0.25) is 5.02 Å². The van der Waals surface area contributed by atoms with Crippen LogP contribution in [-0.4, -0.2) is 22.0 Å². The van der Waals surface area contributed by atoms with Crippen LogP contribution in [0.3, 0.4) is 0 Å². The number of carboxylic acid groups (broad SMARTS) is 1. The molecule has 1 aromatic heterocycles. The van der Waals surface area contributed by atoms with E-state index < -0.39 is 5.97 Å². The molecular formula is C22H29ClN2O3.